The van der Waals surface area contributed by atoms with E-state index < -0.39 is 12.1 Å². The van der Waals surface area contributed by atoms with Gasteiger partial charge in [0.15, 0.2) is 0 Å². The Morgan fingerprint density at radius 1 is 1.43 bits per heavy atom. The fourth-order valence-corrected chi connectivity index (χ4v) is 2.49. The fraction of sp³-hybridized carbons (Fsp3) is 0.600. The van der Waals surface area contributed by atoms with Gasteiger partial charge in [0, 0.05) is 6.04 Å². The smallest absolute Gasteiger partial charge is 0.321 e. The van der Waals surface area contributed by atoms with Crippen LogP contribution in [0, 0.1) is 0 Å². The van der Waals surface area contributed by atoms with E-state index in [0.29, 0.717) is 6.54 Å². The van der Waals surface area contributed by atoms with Crippen molar-refractivity contribution in [3.8, 4) is 0 Å². The summed E-state index contributed by atoms with van der Waals surface area (Å²) in [5.41, 5.74) is 0. The predicted molar refractivity (Wildman–Crippen MR) is 78.6 cm³/mol. The molecule has 0 saturated heterocycles. The molecule has 1 heterocycles. The maximum atomic E-state index is 12.1. The van der Waals surface area contributed by atoms with Crippen LogP contribution >= 0.6 is 0 Å². The van der Waals surface area contributed by atoms with Crippen LogP contribution in [0.15, 0.2) is 22.8 Å². The summed E-state index contributed by atoms with van der Waals surface area (Å²) in [6.07, 6.45) is 5.87. The van der Waals surface area contributed by atoms with Gasteiger partial charge in [0.1, 0.15) is 5.76 Å². The van der Waals surface area contributed by atoms with Gasteiger partial charge in [-0.15, -0.1) is 0 Å². The third-order valence-corrected chi connectivity index (χ3v) is 3.95. The standard InChI is InChI=1S/C15H23N3O3/c1-11(18(2)10-13-8-5-9-21-13)14(19)17-15(20)16-12-6-3-4-7-12/h5,8-9,11-12H,3-4,6-7,10H2,1-2H3,(H2,16,17,19,20)/t11-/m1/s1. The number of carbonyl (C=O) groups excluding carboxylic acids is 2. The minimum atomic E-state index is -0.413. The minimum absolute atomic E-state index is 0.203. The molecule has 21 heavy (non-hydrogen) atoms. The summed E-state index contributed by atoms with van der Waals surface area (Å²) in [4.78, 5) is 25.7. The average Bonchev–Trinajstić information content (AvgIpc) is 3.11. The Morgan fingerprint density at radius 3 is 2.76 bits per heavy atom. The first-order chi connectivity index (χ1) is 10.1. The van der Waals surface area contributed by atoms with Crippen LogP contribution in [0.25, 0.3) is 0 Å². The summed E-state index contributed by atoms with van der Waals surface area (Å²) in [5.74, 6) is 0.479. The maximum Gasteiger partial charge on any atom is 0.321 e. The van der Waals surface area contributed by atoms with Gasteiger partial charge in [-0.25, -0.2) is 4.79 Å². The van der Waals surface area contributed by atoms with E-state index in [2.05, 4.69) is 10.6 Å². The monoisotopic (exact) mass is 293 g/mol. The highest BCUT2D eigenvalue weighted by molar-refractivity contribution is 5.96. The average molecular weight is 293 g/mol. The topological polar surface area (TPSA) is 74.6 Å². The molecule has 0 bridgehead atoms. The lowest BCUT2D eigenvalue weighted by atomic mass is 10.2. The van der Waals surface area contributed by atoms with E-state index in [-0.39, 0.29) is 11.9 Å². The quantitative estimate of drug-likeness (QED) is 0.869. The van der Waals surface area contributed by atoms with Gasteiger partial charge in [-0.2, -0.15) is 0 Å². The molecule has 2 rings (SSSR count). The van der Waals surface area contributed by atoms with Gasteiger partial charge in [-0.3, -0.25) is 15.0 Å². The van der Waals surface area contributed by atoms with Gasteiger partial charge < -0.3 is 9.73 Å². The number of imide groups is 1. The van der Waals surface area contributed by atoms with Gasteiger partial charge in [-0.05, 0) is 38.9 Å². The first kappa shape index (κ1) is 15.6. The van der Waals surface area contributed by atoms with Crippen LogP contribution in [-0.4, -0.2) is 36.0 Å². The van der Waals surface area contributed by atoms with E-state index in [9.17, 15) is 9.59 Å². The van der Waals surface area contributed by atoms with Crippen LogP contribution in [0.4, 0.5) is 4.79 Å². The SMILES string of the molecule is C[C@H](C(=O)NC(=O)NC1CCCC1)N(C)Cc1ccco1. The number of nitrogens with zero attached hydrogens (tertiary/aromatic N) is 1. The zero-order chi connectivity index (χ0) is 15.2. The van der Waals surface area contributed by atoms with Crippen molar-refractivity contribution < 1.29 is 14.0 Å². The number of furan rings is 1. The van der Waals surface area contributed by atoms with E-state index >= 15 is 0 Å². The van der Waals surface area contributed by atoms with Crippen LogP contribution < -0.4 is 10.6 Å². The highest BCUT2D eigenvalue weighted by Crippen LogP contribution is 2.17. The summed E-state index contributed by atoms with van der Waals surface area (Å²) in [7, 11) is 1.82. The van der Waals surface area contributed by atoms with Crippen LogP contribution in [0.1, 0.15) is 38.4 Å². The molecule has 0 aromatic carbocycles. The molecule has 1 aromatic heterocycles. The van der Waals surface area contributed by atoms with Crippen molar-refractivity contribution in [1.29, 1.82) is 0 Å². The Balaban J connectivity index is 1.76. The lowest BCUT2D eigenvalue weighted by molar-refractivity contribution is -0.124. The zero-order valence-corrected chi connectivity index (χ0v) is 12.6. The highest BCUT2D eigenvalue weighted by atomic mass is 16.3. The Kier molecular flexibility index (Phi) is 5.38. The van der Waals surface area contributed by atoms with Crippen molar-refractivity contribution in [2.24, 2.45) is 0 Å². The van der Waals surface area contributed by atoms with Crippen LogP contribution in [0.3, 0.4) is 0 Å². The molecule has 6 heteroatoms. The van der Waals surface area contributed by atoms with E-state index in [1.807, 2.05) is 24.1 Å². The zero-order valence-electron chi connectivity index (χ0n) is 12.6. The Hall–Kier alpha value is -1.82. The number of carbonyl (C=O) groups is 2. The molecule has 1 aliphatic rings. The van der Waals surface area contributed by atoms with Crippen molar-refractivity contribution >= 4 is 11.9 Å². The molecular weight excluding hydrogens is 270 g/mol. The van der Waals surface area contributed by atoms with Gasteiger partial charge in [-0.1, -0.05) is 12.8 Å². The summed E-state index contributed by atoms with van der Waals surface area (Å²) in [5, 5.41) is 5.25. The summed E-state index contributed by atoms with van der Waals surface area (Å²) in [6.45, 7) is 2.28. The fourth-order valence-electron chi connectivity index (χ4n) is 2.49. The molecule has 6 nitrogen and oxygen atoms in total. The molecular formula is C15H23N3O3. The number of hydrogen-bond acceptors (Lipinski definition) is 4. The lowest BCUT2D eigenvalue weighted by Gasteiger charge is -2.23. The molecule has 0 unspecified atom stereocenters. The maximum absolute atomic E-state index is 12.1. The van der Waals surface area contributed by atoms with Crippen LogP contribution in [0.5, 0.6) is 0 Å². The normalized spacial score (nSPS) is 16.9. The van der Waals surface area contributed by atoms with Crippen molar-refractivity contribution in [2.45, 2.75) is 51.2 Å². The third-order valence-electron chi connectivity index (χ3n) is 3.95. The third kappa shape index (κ3) is 4.60. The van der Waals surface area contributed by atoms with Crippen molar-refractivity contribution in [3.63, 3.8) is 0 Å². The number of urea groups is 1. The summed E-state index contributed by atoms with van der Waals surface area (Å²) >= 11 is 0. The molecule has 1 aliphatic carbocycles. The van der Waals surface area contributed by atoms with Crippen LogP contribution in [-0.2, 0) is 11.3 Å². The molecule has 2 N–H and O–H groups in total. The van der Waals surface area contributed by atoms with Crippen molar-refractivity contribution in [3.05, 3.63) is 24.2 Å². The highest BCUT2D eigenvalue weighted by Gasteiger charge is 2.23. The first-order valence-corrected chi connectivity index (χ1v) is 7.40. The predicted octanol–water partition coefficient (Wildman–Crippen LogP) is 1.87. The second kappa shape index (κ2) is 7.26. The second-order valence-corrected chi connectivity index (χ2v) is 5.61. The molecule has 1 saturated carbocycles. The molecule has 3 amide bonds. The first-order valence-electron chi connectivity index (χ1n) is 7.40. The number of nitrogens with one attached hydrogen (secondary N) is 2. The van der Waals surface area contributed by atoms with E-state index in [1.54, 1.807) is 13.2 Å². The van der Waals surface area contributed by atoms with Gasteiger partial charge in [0.25, 0.3) is 0 Å². The summed E-state index contributed by atoms with van der Waals surface area (Å²) < 4.78 is 5.25. The molecule has 1 fully saturated rings. The Labute approximate surface area is 124 Å². The molecule has 0 spiro atoms. The number of likely N-dealkylation sites (N-methyl/N-ethyl adjacent to an activating group) is 1. The number of rotatable bonds is 5. The van der Waals surface area contributed by atoms with Crippen molar-refractivity contribution in [2.75, 3.05) is 7.05 Å². The van der Waals surface area contributed by atoms with Gasteiger partial charge in [0.05, 0.1) is 18.8 Å². The second-order valence-electron chi connectivity index (χ2n) is 5.61. The largest absolute Gasteiger partial charge is 0.468 e. The molecule has 0 aliphatic heterocycles. The van der Waals surface area contributed by atoms with E-state index in [4.69, 9.17) is 4.42 Å². The Bertz CT molecular complexity index is 467. The summed E-state index contributed by atoms with van der Waals surface area (Å²) in [6, 6.07) is 3.06. The molecule has 1 aromatic rings. The van der Waals surface area contributed by atoms with E-state index in [0.717, 1.165) is 31.4 Å². The van der Waals surface area contributed by atoms with Gasteiger partial charge in [0.2, 0.25) is 5.91 Å². The number of amides is 3. The van der Waals surface area contributed by atoms with Crippen LogP contribution in [0.2, 0.25) is 0 Å². The lowest BCUT2D eigenvalue weighted by Crippen LogP contribution is -2.50. The van der Waals surface area contributed by atoms with Gasteiger partial charge >= 0.3 is 6.03 Å². The molecule has 116 valence electrons. The van der Waals surface area contributed by atoms with E-state index in [1.165, 1.54) is 0 Å². The molecule has 1 atom stereocenters. The minimum Gasteiger partial charge on any atom is -0.468 e. The Morgan fingerprint density at radius 2 is 2.14 bits per heavy atom. The molecule has 0 radical (unpaired) electrons. The number of hydrogen-bond donors (Lipinski definition) is 2. The van der Waals surface area contributed by atoms with Crippen molar-refractivity contribution in [1.82, 2.24) is 15.5 Å².